The highest BCUT2D eigenvalue weighted by Crippen LogP contribution is 2.38. The van der Waals surface area contributed by atoms with Gasteiger partial charge in [0, 0.05) is 124 Å². The fraction of sp³-hybridized carbons (Fsp3) is 0.444. The molecule has 0 radical (unpaired) electrons. The minimum Gasteiger partial charge on any atom is -0.462 e. The van der Waals surface area contributed by atoms with E-state index in [0.717, 1.165) is 73.3 Å². The Labute approximate surface area is 416 Å². The van der Waals surface area contributed by atoms with Crippen LogP contribution in [0.15, 0.2) is 60.8 Å². The SMILES string of the molecule is C#Cc1cccc2cccc(-c3ncc4c(N5CC6CCC(C5)N6)nc(OC[C@@H]5C[C@H](N6CCN(C(=O)C7CCN(c8ccc9c(c8)C(=O)N(C8CCC(=O)NC8=O)C9=O)CC7)CC6)CN5C)nc4c3F)c12. The number of nitrogens with one attached hydrogen (secondary N) is 2. The van der Waals surface area contributed by atoms with E-state index < -0.39 is 35.5 Å². The Kier molecular flexibility index (Phi) is 11.8. The highest BCUT2D eigenvalue weighted by atomic mass is 19.1. The van der Waals surface area contributed by atoms with Gasteiger partial charge in [-0.15, -0.1) is 6.42 Å². The molecule has 2 aromatic heterocycles. The summed E-state index contributed by atoms with van der Waals surface area (Å²) in [5.41, 5.74) is 2.89. The van der Waals surface area contributed by atoms with Gasteiger partial charge in [-0.05, 0) is 75.2 Å². The zero-order valence-corrected chi connectivity index (χ0v) is 40.2. The van der Waals surface area contributed by atoms with Crippen molar-refractivity contribution in [2.75, 3.05) is 82.4 Å². The zero-order chi connectivity index (χ0) is 49.4. The minimum absolute atomic E-state index is 0.0628. The molecule has 7 aliphatic heterocycles. The van der Waals surface area contributed by atoms with Crippen LogP contribution in [0.3, 0.4) is 0 Å². The second-order valence-corrected chi connectivity index (χ2v) is 20.5. The van der Waals surface area contributed by atoms with Crippen LogP contribution < -0.4 is 25.2 Å². The van der Waals surface area contributed by atoms with Crippen molar-refractivity contribution in [1.82, 2.24) is 45.2 Å². The number of rotatable bonds is 9. The Morgan fingerprint density at radius 2 is 1.60 bits per heavy atom. The summed E-state index contributed by atoms with van der Waals surface area (Å²) in [6.07, 6.45) is 12.1. The topological polar surface area (TPSA) is 177 Å². The van der Waals surface area contributed by atoms with Crippen molar-refractivity contribution in [2.24, 2.45) is 5.92 Å². The lowest BCUT2D eigenvalue weighted by molar-refractivity contribution is -0.138. The normalized spacial score (nSPS) is 25.2. The van der Waals surface area contributed by atoms with Crippen molar-refractivity contribution in [2.45, 2.75) is 75.2 Å². The van der Waals surface area contributed by atoms with E-state index in [2.05, 4.69) is 43.2 Å². The molecule has 0 aliphatic carbocycles. The minimum atomic E-state index is -1.02. The third-order valence-electron chi connectivity index (χ3n) is 16.3. The summed E-state index contributed by atoms with van der Waals surface area (Å²) in [6.45, 7) is 6.76. The van der Waals surface area contributed by atoms with Crippen LogP contribution in [0.25, 0.3) is 32.9 Å². The molecule has 370 valence electrons. The average molecular weight is 974 g/mol. The highest BCUT2D eigenvalue weighted by molar-refractivity contribution is 6.23. The predicted octanol–water partition coefficient (Wildman–Crippen LogP) is 3.82. The van der Waals surface area contributed by atoms with Crippen LogP contribution in [-0.2, 0) is 14.4 Å². The van der Waals surface area contributed by atoms with Crippen molar-refractivity contribution >= 4 is 62.7 Å². The second-order valence-electron chi connectivity index (χ2n) is 20.5. The fourth-order valence-electron chi connectivity index (χ4n) is 12.4. The number of pyridine rings is 1. The third-order valence-corrected chi connectivity index (χ3v) is 16.3. The third kappa shape index (κ3) is 8.17. The number of likely N-dealkylation sites (N-methyl/N-ethyl adjacent to an activating group) is 1. The van der Waals surface area contributed by atoms with E-state index in [1.807, 2.05) is 47.4 Å². The first-order valence-electron chi connectivity index (χ1n) is 25.3. The summed E-state index contributed by atoms with van der Waals surface area (Å²) in [6, 6.07) is 16.7. The summed E-state index contributed by atoms with van der Waals surface area (Å²) in [4.78, 5) is 91.4. The number of nitrogens with zero attached hydrogens (tertiary/aromatic N) is 9. The first kappa shape index (κ1) is 46.0. The molecule has 3 aromatic carbocycles. The van der Waals surface area contributed by atoms with Gasteiger partial charge in [0.25, 0.3) is 11.8 Å². The first-order chi connectivity index (χ1) is 35.0. The number of carbonyl (C=O) groups is 5. The van der Waals surface area contributed by atoms with Gasteiger partial charge in [0.2, 0.25) is 17.7 Å². The number of imide groups is 2. The van der Waals surface area contributed by atoms with Gasteiger partial charge in [-0.2, -0.15) is 9.97 Å². The monoisotopic (exact) mass is 973 g/mol. The Hall–Kier alpha value is -7.07. The molecule has 0 saturated carbocycles. The predicted molar refractivity (Wildman–Crippen MR) is 267 cm³/mol. The second kappa shape index (κ2) is 18.5. The number of piperazine rings is 2. The van der Waals surface area contributed by atoms with Gasteiger partial charge in [-0.25, -0.2) is 4.39 Å². The van der Waals surface area contributed by atoms with E-state index in [4.69, 9.17) is 26.1 Å². The van der Waals surface area contributed by atoms with E-state index in [9.17, 15) is 24.0 Å². The van der Waals surface area contributed by atoms with Crippen molar-refractivity contribution < 1.29 is 33.1 Å². The molecular formula is C54H56FN11O6. The number of halogens is 1. The summed E-state index contributed by atoms with van der Waals surface area (Å²) in [7, 11) is 2.10. The molecule has 9 heterocycles. The van der Waals surface area contributed by atoms with Crippen LogP contribution in [0.2, 0.25) is 0 Å². The number of anilines is 2. The summed E-state index contributed by atoms with van der Waals surface area (Å²) in [5, 5.41) is 8.13. The lowest BCUT2D eigenvalue weighted by atomic mass is 9.94. The molecule has 3 unspecified atom stereocenters. The maximum Gasteiger partial charge on any atom is 0.319 e. The van der Waals surface area contributed by atoms with Crippen LogP contribution in [-0.4, -0.2) is 167 Å². The first-order valence-corrected chi connectivity index (χ1v) is 25.3. The number of terminal acetylenes is 1. The standard InChI is InChI=1S/C54H56FN11O6/c1-3-31-6-4-7-32-8-5-9-40(45(31)32)47-46(55)48-42(26-56-47)49(65-27-34-10-11-35(28-65)57-34)60-54(59-48)72-30-38-24-37(29-61(38)2)63-20-22-64(23-21-63)51(69)33-16-18-62(19-17-33)36-12-13-39-41(25-36)53(71)66(52(39)70)43-14-15-44(67)58-50(43)68/h1,4-9,12-13,25-26,33-35,37-38,43,57H,10-11,14-24,27-30H2,2H3,(H,58,67,68)/t34?,35?,37-,38-,43?/m0/s1. The largest absolute Gasteiger partial charge is 0.462 e. The van der Waals surface area contributed by atoms with E-state index in [-0.39, 0.29) is 65.1 Å². The van der Waals surface area contributed by atoms with Gasteiger partial charge in [0.1, 0.15) is 29.7 Å². The number of hydrogen-bond donors (Lipinski definition) is 2. The molecule has 18 heteroatoms. The molecule has 7 aliphatic rings. The number of hydrogen-bond acceptors (Lipinski definition) is 14. The molecule has 5 amide bonds. The van der Waals surface area contributed by atoms with E-state index >= 15 is 4.39 Å². The molecular weight excluding hydrogens is 918 g/mol. The van der Waals surface area contributed by atoms with Crippen molar-refractivity contribution in [3.8, 4) is 29.6 Å². The van der Waals surface area contributed by atoms with Gasteiger partial charge >= 0.3 is 6.01 Å². The summed E-state index contributed by atoms with van der Waals surface area (Å²) >= 11 is 0. The molecule has 6 fully saturated rings. The number of amides is 5. The smallest absolute Gasteiger partial charge is 0.319 e. The molecule has 12 rings (SSSR count). The van der Waals surface area contributed by atoms with Crippen LogP contribution in [0, 0.1) is 24.1 Å². The number of aromatic nitrogens is 3. The van der Waals surface area contributed by atoms with Gasteiger partial charge in [0.15, 0.2) is 5.82 Å². The molecule has 2 bridgehead atoms. The maximum atomic E-state index is 17.1. The van der Waals surface area contributed by atoms with E-state index in [0.29, 0.717) is 80.0 Å². The number of fused-ring (bicyclic) bond motifs is 5. The molecule has 0 spiro atoms. The van der Waals surface area contributed by atoms with Crippen molar-refractivity contribution in [1.29, 1.82) is 0 Å². The van der Waals surface area contributed by atoms with E-state index in [1.54, 1.807) is 18.3 Å². The molecule has 72 heavy (non-hydrogen) atoms. The Bertz CT molecular complexity index is 3090. The molecule has 5 atom stereocenters. The van der Waals surface area contributed by atoms with Gasteiger partial charge in [-0.3, -0.25) is 49.0 Å². The maximum absolute atomic E-state index is 17.1. The van der Waals surface area contributed by atoms with Crippen molar-refractivity contribution in [3.05, 3.63) is 83.3 Å². The Morgan fingerprint density at radius 3 is 2.35 bits per heavy atom. The van der Waals surface area contributed by atoms with Gasteiger partial charge in [-0.1, -0.05) is 36.3 Å². The molecule has 5 aromatic rings. The molecule has 6 saturated heterocycles. The van der Waals surface area contributed by atoms with Crippen LogP contribution >= 0.6 is 0 Å². The lowest BCUT2D eigenvalue weighted by Gasteiger charge is -2.40. The van der Waals surface area contributed by atoms with Crippen LogP contribution in [0.1, 0.15) is 71.2 Å². The van der Waals surface area contributed by atoms with Crippen LogP contribution in [0.4, 0.5) is 15.9 Å². The average Bonchev–Trinajstić information content (AvgIpc) is 4.04. The number of benzene rings is 3. The van der Waals surface area contributed by atoms with Gasteiger partial charge in [0.05, 0.1) is 16.5 Å². The lowest BCUT2D eigenvalue weighted by Crippen LogP contribution is -2.54. The highest BCUT2D eigenvalue weighted by Gasteiger charge is 2.45. The van der Waals surface area contributed by atoms with Crippen molar-refractivity contribution in [3.63, 3.8) is 0 Å². The summed E-state index contributed by atoms with van der Waals surface area (Å²) in [5.74, 6) is 0.800. The fourth-order valence-corrected chi connectivity index (χ4v) is 12.4. The number of ether oxygens (including phenoxy) is 1. The quantitative estimate of drug-likeness (QED) is 0.161. The Morgan fingerprint density at radius 1 is 0.847 bits per heavy atom. The number of carbonyl (C=O) groups excluding carboxylic acids is 5. The van der Waals surface area contributed by atoms with Crippen LogP contribution in [0.5, 0.6) is 6.01 Å². The van der Waals surface area contributed by atoms with E-state index in [1.165, 1.54) is 0 Å². The molecule has 17 nitrogen and oxygen atoms in total. The zero-order valence-electron chi connectivity index (χ0n) is 40.2. The Balaban J connectivity index is 0.677. The summed E-state index contributed by atoms with van der Waals surface area (Å²) < 4.78 is 23.6. The molecule has 2 N–H and O–H groups in total. The number of piperidine rings is 2. The van der Waals surface area contributed by atoms with Gasteiger partial charge < -0.3 is 24.8 Å². The number of likely N-dealkylation sites (tertiary alicyclic amines) is 1.